The van der Waals surface area contributed by atoms with E-state index in [1.165, 1.54) is 20.1 Å². The first-order valence-corrected chi connectivity index (χ1v) is 23.0. The molecule has 0 aromatic rings. The van der Waals surface area contributed by atoms with Crippen molar-refractivity contribution in [2.75, 3.05) is 7.11 Å². The first-order chi connectivity index (χ1) is 32.2. The van der Waals surface area contributed by atoms with Crippen LogP contribution in [-0.4, -0.2) is 168 Å². The second-order valence-electron chi connectivity index (χ2n) is 17.9. The standard InChI is InChI=1S/C48H73N3O17/c1-28-18-16-14-12-10-8-6-7-9-11-13-15-17-19-35(67-47-45(61)42(50-51-49)44(60)31(4)66-47)25-39-41(46(62)63)38(57)27-48(64-5,68-39)26-34(54)23-37(56)36(55)21-20-32(52)22-33(53)24-40(58)65-30(3)29(2)43(28)59/h6-19,28-39,41-45,47,52-57,59-61H,20-27H2,1-5H3,(H,62,63)/b7-6+,10-8+,11-9+,14-12+,15-13+,18-16+,19-17+/t28-,29-,30-,31+,32+,33+,34-,35-,36?,37+,38-,39-,41+,42-,43+,44+,45+,47?,48?/m0/s1. The fourth-order valence-corrected chi connectivity index (χ4v) is 8.30. The van der Waals surface area contributed by atoms with Crippen LogP contribution in [0, 0.1) is 17.8 Å². The monoisotopic (exact) mass is 963 g/mol. The van der Waals surface area contributed by atoms with Crippen molar-refractivity contribution in [1.29, 1.82) is 0 Å². The summed E-state index contributed by atoms with van der Waals surface area (Å²) in [5.41, 5.74) is 9.10. The van der Waals surface area contributed by atoms with E-state index in [1.54, 1.807) is 86.8 Å². The highest BCUT2D eigenvalue weighted by atomic mass is 16.7. The van der Waals surface area contributed by atoms with Crippen LogP contribution in [0.15, 0.2) is 90.2 Å². The van der Waals surface area contributed by atoms with Gasteiger partial charge in [0.05, 0.1) is 79.6 Å². The number of fused-ring (bicyclic) bond motifs is 2. The number of azide groups is 1. The predicted molar refractivity (Wildman–Crippen MR) is 247 cm³/mol. The minimum absolute atomic E-state index is 0.0949. The number of esters is 1. The van der Waals surface area contributed by atoms with Crippen LogP contribution >= 0.6 is 0 Å². The molecule has 0 spiro atoms. The van der Waals surface area contributed by atoms with Crippen molar-refractivity contribution in [3.63, 3.8) is 0 Å². The summed E-state index contributed by atoms with van der Waals surface area (Å²) in [6, 6.07) is -1.36. The molecule has 0 aromatic carbocycles. The van der Waals surface area contributed by atoms with Crippen molar-refractivity contribution in [2.24, 2.45) is 22.9 Å². The SMILES string of the molecule is COC12C[C@@H](O)C[C@@H](O)C(O)CC[C@@H](O)C[C@@H](O)CC(=O)O[C@@H](C)[C@H](C)[C@H](O)[C@@H](C)/C=C/C=C/C=C/C=C/C=C/C=C/C=C/[C@H](OC3O[C@H](C)[C@@H](O)[C@H](N=[N+]=[N-])[C@H]3O)C[C@H](O1)[C@H](C(=O)O)[C@@H](O)C2. The van der Waals surface area contributed by atoms with Gasteiger partial charge in [-0.1, -0.05) is 104 Å². The van der Waals surface area contributed by atoms with Crippen LogP contribution in [0.25, 0.3) is 10.4 Å². The average molecular weight is 964 g/mol. The van der Waals surface area contributed by atoms with E-state index in [1.807, 2.05) is 13.0 Å². The zero-order valence-electron chi connectivity index (χ0n) is 39.3. The molecule has 0 aliphatic carbocycles. The van der Waals surface area contributed by atoms with Gasteiger partial charge in [-0.25, -0.2) is 0 Å². The lowest BCUT2D eigenvalue weighted by molar-refractivity contribution is -0.317. The van der Waals surface area contributed by atoms with Crippen LogP contribution in [0.4, 0.5) is 0 Å². The Labute approximate surface area is 397 Å². The van der Waals surface area contributed by atoms with Gasteiger partial charge < -0.3 is 74.7 Å². The van der Waals surface area contributed by atoms with Crippen LogP contribution in [0.2, 0.25) is 0 Å². The molecule has 3 aliphatic heterocycles. The van der Waals surface area contributed by atoms with E-state index in [0.717, 1.165) is 0 Å². The van der Waals surface area contributed by atoms with E-state index in [-0.39, 0.29) is 31.6 Å². The van der Waals surface area contributed by atoms with Gasteiger partial charge in [0.15, 0.2) is 12.1 Å². The Bertz CT molecular complexity index is 1820. The Morgan fingerprint density at radius 1 is 0.706 bits per heavy atom. The zero-order chi connectivity index (χ0) is 50.6. The smallest absolute Gasteiger partial charge is 0.311 e. The number of carboxylic acid groups (broad SMARTS) is 1. The van der Waals surface area contributed by atoms with Crippen LogP contribution in [0.1, 0.15) is 79.1 Å². The minimum atomic E-state index is -1.82. The second-order valence-corrected chi connectivity index (χ2v) is 17.9. The van der Waals surface area contributed by atoms with Gasteiger partial charge in [0.2, 0.25) is 0 Å². The van der Waals surface area contributed by atoms with Crippen LogP contribution in [0.5, 0.6) is 0 Å². The molecular formula is C48H73N3O17. The number of rotatable bonds is 5. The molecule has 3 heterocycles. The largest absolute Gasteiger partial charge is 0.481 e. The maximum absolute atomic E-state index is 12.7. The highest BCUT2D eigenvalue weighted by Crippen LogP contribution is 2.40. The Kier molecular flexibility index (Phi) is 25.0. The van der Waals surface area contributed by atoms with E-state index >= 15 is 0 Å². The molecule has 3 aliphatic rings. The molecule has 0 saturated carbocycles. The van der Waals surface area contributed by atoms with Gasteiger partial charge in [0.25, 0.3) is 0 Å². The molecule has 382 valence electrons. The highest BCUT2D eigenvalue weighted by Gasteiger charge is 2.52. The number of aliphatic hydroxyl groups is 9. The number of carboxylic acids is 1. The van der Waals surface area contributed by atoms with Gasteiger partial charge in [0.1, 0.15) is 18.1 Å². The molecule has 0 radical (unpaired) electrons. The molecule has 19 atom stereocenters. The number of ether oxygens (including phenoxy) is 5. The lowest BCUT2D eigenvalue weighted by Crippen LogP contribution is -2.58. The van der Waals surface area contributed by atoms with Gasteiger partial charge in [-0.2, -0.15) is 0 Å². The molecule has 2 fully saturated rings. The van der Waals surface area contributed by atoms with E-state index in [9.17, 15) is 60.7 Å². The number of hydrogen-bond donors (Lipinski definition) is 10. The number of aliphatic hydroxyl groups excluding tert-OH is 9. The molecule has 20 heteroatoms. The molecule has 0 amide bonds. The zero-order valence-corrected chi connectivity index (χ0v) is 39.3. The number of allylic oxidation sites excluding steroid dienone is 12. The van der Waals surface area contributed by atoms with Crippen LogP contribution < -0.4 is 0 Å². The number of methoxy groups -OCH3 is 1. The summed E-state index contributed by atoms with van der Waals surface area (Å²) in [4.78, 5) is 28.0. The van der Waals surface area contributed by atoms with E-state index in [0.29, 0.717) is 0 Å². The first-order valence-electron chi connectivity index (χ1n) is 23.0. The number of hydrogen-bond acceptors (Lipinski definition) is 17. The van der Waals surface area contributed by atoms with Crippen molar-refractivity contribution in [3.8, 4) is 0 Å². The van der Waals surface area contributed by atoms with Gasteiger partial charge in [-0.15, -0.1) is 0 Å². The van der Waals surface area contributed by atoms with Gasteiger partial charge in [-0.05, 0) is 38.6 Å². The van der Waals surface area contributed by atoms with Gasteiger partial charge >= 0.3 is 11.9 Å². The summed E-state index contributed by atoms with van der Waals surface area (Å²) in [7, 11) is 1.23. The number of nitrogens with zero attached hydrogens (tertiary/aromatic N) is 3. The average Bonchev–Trinajstić information content (AvgIpc) is 3.27. The number of carbonyl (C=O) groups excluding carboxylic acids is 1. The number of aliphatic carboxylic acids is 1. The summed E-state index contributed by atoms with van der Waals surface area (Å²) >= 11 is 0. The first kappa shape index (κ1) is 58.2. The molecule has 0 aromatic heterocycles. The Balaban J connectivity index is 1.92. The molecule has 68 heavy (non-hydrogen) atoms. The van der Waals surface area contributed by atoms with Gasteiger partial charge in [0, 0.05) is 49.5 Å². The quantitative estimate of drug-likeness (QED) is 0.0819. The van der Waals surface area contributed by atoms with Crippen LogP contribution in [0.3, 0.4) is 0 Å². The molecule has 2 bridgehead atoms. The van der Waals surface area contributed by atoms with E-state index in [2.05, 4.69) is 10.0 Å². The Hall–Kier alpha value is -4.09. The normalized spacial score (nSPS) is 43.8. The number of carbonyl (C=O) groups is 2. The molecule has 10 N–H and O–H groups in total. The summed E-state index contributed by atoms with van der Waals surface area (Å²) in [5.74, 6) is -6.26. The van der Waals surface area contributed by atoms with Crippen molar-refractivity contribution in [1.82, 2.24) is 0 Å². The van der Waals surface area contributed by atoms with E-state index < -0.39 is 147 Å². The fourth-order valence-electron chi connectivity index (χ4n) is 8.30. The fraction of sp³-hybridized carbons (Fsp3) is 0.667. The van der Waals surface area contributed by atoms with Crippen LogP contribution in [-0.2, 0) is 33.3 Å². The predicted octanol–water partition coefficient (Wildman–Crippen LogP) is 2.72. The molecule has 20 nitrogen and oxygen atoms in total. The topological polar surface area (TPSA) is 331 Å². The Morgan fingerprint density at radius 3 is 1.87 bits per heavy atom. The Morgan fingerprint density at radius 2 is 1.29 bits per heavy atom. The molecular weight excluding hydrogens is 891 g/mol. The van der Waals surface area contributed by atoms with Gasteiger partial charge in [-0.3, -0.25) is 9.59 Å². The third-order valence-electron chi connectivity index (χ3n) is 12.5. The molecule has 2 saturated heterocycles. The van der Waals surface area contributed by atoms with Crippen molar-refractivity contribution < 1.29 is 84.3 Å². The molecule has 3 unspecified atom stereocenters. The van der Waals surface area contributed by atoms with Crippen molar-refractivity contribution in [3.05, 3.63) is 95.5 Å². The van der Waals surface area contributed by atoms with Crippen molar-refractivity contribution in [2.45, 2.75) is 177 Å². The highest BCUT2D eigenvalue weighted by molar-refractivity contribution is 5.71. The maximum Gasteiger partial charge on any atom is 0.311 e. The summed E-state index contributed by atoms with van der Waals surface area (Å²) in [6.07, 6.45) is 3.79. The van der Waals surface area contributed by atoms with Crippen molar-refractivity contribution >= 4 is 11.9 Å². The maximum atomic E-state index is 12.7. The molecule has 3 rings (SSSR count). The second kappa shape index (κ2) is 29.2. The number of cyclic esters (lactones) is 1. The summed E-state index contributed by atoms with van der Waals surface area (Å²) < 4.78 is 29.3. The summed E-state index contributed by atoms with van der Waals surface area (Å²) in [5, 5.41) is 112. The lowest BCUT2D eigenvalue weighted by atomic mass is 9.82. The third kappa shape index (κ3) is 18.7. The minimum Gasteiger partial charge on any atom is -0.481 e. The third-order valence-corrected chi connectivity index (χ3v) is 12.5. The summed E-state index contributed by atoms with van der Waals surface area (Å²) in [6.45, 7) is 6.70. The van der Waals surface area contributed by atoms with E-state index in [4.69, 9.17) is 29.2 Å². The lowest BCUT2D eigenvalue weighted by Gasteiger charge is -2.47.